The maximum absolute atomic E-state index is 11.6. The Labute approximate surface area is 132 Å². The first-order valence-corrected chi connectivity index (χ1v) is 8.77. The summed E-state index contributed by atoms with van der Waals surface area (Å²) in [6.07, 6.45) is 8.98. The second-order valence-corrected chi connectivity index (χ2v) is 7.86. The molecule has 0 atom stereocenters. The van der Waals surface area contributed by atoms with Gasteiger partial charge in [0, 0.05) is 18.7 Å². The predicted octanol–water partition coefficient (Wildman–Crippen LogP) is 3.44. The number of rotatable bonds is 4. The first-order chi connectivity index (χ1) is 10.7. The fourth-order valence-electron chi connectivity index (χ4n) is 5.73. The van der Waals surface area contributed by atoms with Crippen LogP contribution in [0.15, 0.2) is 24.3 Å². The molecule has 4 fully saturated rings. The number of nitrogens with one attached hydrogen (secondary N) is 1. The molecule has 4 aliphatic carbocycles. The third-order valence-corrected chi connectivity index (χ3v) is 6.19. The van der Waals surface area contributed by atoms with E-state index < -0.39 is 0 Å². The Balaban J connectivity index is 1.52. The molecule has 3 heteroatoms. The molecule has 0 spiro atoms. The molecule has 118 valence electrons. The highest BCUT2D eigenvalue weighted by molar-refractivity contribution is 5.90. The summed E-state index contributed by atoms with van der Waals surface area (Å²) in [5, 5.41) is 2.92. The van der Waals surface area contributed by atoms with Crippen LogP contribution in [0.4, 0.5) is 5.69 Å². The van der Waals surface area contributed by atoms with Gasteiger partial charge in [-0.05, 0) is 79.4 Å². The lowest BCUT2D eigenvalue weighted by Crippen LogP contribution is -2.48. The molecule has 0 saturated heterocycles. The van der Waals surface area contributed by atoms with Gasteiger partial charge in [-0.3, -0.25) is 4.79 Å². The van der Waals surface area contributed by atoms with Gasteiger partial charge in [-0.1, -0.05) is 12.1 Å². The van der Waals surface area contributed by atoms with Crippen LogP contribution in [-0.4, -0.2) is 12.5 Å². The largest absolute Gasteiger partial charge is 0.330 e. The molecule has 1 amide bonds. The fraction of sp³-hybridized carbons (Fsp3) is 0.632. The van der Waals surface area contributed by atoms with E-state index >= 15 is 0 Å². The number of carbonyl (C=O) groups is 1. The summed E-state index contributed by atoms with van der Waals surface area (Å²) in [6, 6.07) is 8.65. The van der Waals surface area contributed by atoms with Crippen LogP contribution in [0, 0.1) is 17.8 Å². The van der Waals surface area contributed by atoms with E-state index in [4.69, 9.17) is 5.73 Å². The zero-order valence-corrected chi connectivity index (χ0v) is 13.2. The molecule has 22 heavy (non-hydrogen) atoms. The van der Waals surface area contributed by atoms with Crippen LogP contribution in [-0.2, 0) is 10.2 Å². The van der Waals surface area contributed by atoms with Crippen molar-refractivity contribution in [2.75, 3.05) is 11.9 Å². The third kappa shape index (κ3) is 2.45. The minimum absolute atomic E-state index is 0.00468. The number of amides is 1. The second kappa shape index (κ2) is 5.38. The molecule has 4 saturated carbocycles. The topological polar surface area (TPSA) is 55.1 Å². The number of benzene rings is 1. The standard InChI is InChI=1S/C19H26N2O/c20-6-5-18(22)21-17-3-1-16(2-4-17)19-10-13-7-14(11-19)9-15(8-13)12-19/h1-4,13-15H,5-12,20H2,(H,21,22). The Hall–Kier alpha value is -1.35. The molecule has 0 aliphatic heterocycles. The molecule has 1 aromatic carbocycles. The Bertz CT molecular complexity index is 528. The zero-order chi connectivity index (χ0) is 15.2. The molecule has 3 N–H and O–H groups in total. The summed E-state index contributed by atoms with van der Waals surface area (Å²) in [5.74, 6) is 2.91. The molecule has 0 aromatic heterocycles. The van der Waals surface area contributed by atoms with Crippen LogP contribution < -0.4 is 11.1 Å². The molecule has 4 bridgehead atoms. The fourth-order valence-corrected chi connectivity index (χ4v) is 5.73. The Morgan fingerprint density at radius 1 is 1.05 bits per heavy atom. The van der Waals surface area contributed by atoms with Crippen molar-refractivity contribution < 1.29 is 4.79 Å². The SMILES string of the molecule is NCCC(=O)Nc1ccc(C23CC4CC(CC(C4)C2)C3)cc1. The molecular formula is C19H26N2O. The van der Waals surface area contributed by atoms with Gasteiger partial charge in [0.15, 0.2) is 0 Å². The van der Waals surface area contributed by atoms with Gasteiger partial charge in [0.1, 0.15) is 0 Å². The molecular weight excluding hydrogens is 272 g/mol. The van der Waals surface area contributed by atoms with Crippen LogP contribution in [0.2, 0.25) is 0 Å². The smallest absolute Gasteiger partial charge is 0.225 e. The molecule has 0 heterocycles. The van der Waals surface area contributed by atoms with Crippen molar-refractivity contribution in [3.05, 3.63) is 29.8 Å². The van der Waals surface area contributed by atoms with E-state index in [1.54, 1.807) is 0 Å². The van der Waals surface area contributed by atoms with E-state index in [1.807, 2.05) is 0 Å². The highest BCUT2D eigenvalue weighted by Gasteiger charge is 2.51. The Kier molecular flexibility index (Phi) is 3.48. The number of nitrogens with two attached hydrogens (primary N) is 1. The number of hydrogen-bond acceptors (Lipinski definition) is 2. The summed E-state index contributed by atoms with van der Waals surface area (Å²) >= 11 is 0. The van der Waals surface area contributed by atoms with Crippen molar-refractivity contribution in [2.45, 2.75) is 50.4 Å². The maximum Gasteiger partial charge on any atom is 0.225 e. The predicted molar refractivity (Wildman–Crippen MR) is 88.6 cm³/mol. The molecule has 3 nitrogen and oxygen atoms in total. The highest BCUT2D eigenvalue weighted by atomic mass is 16.1. The van der Waals surface area contributed by atoms with E-state index in [2.05, 4.69) is 29.6 Å². The summed E-state index contributed by atoms with van der Waals surface area (Å²) in [4.78, 5) is 11.6. The highest BCUT2D eigenvalue weighted by Crippen LogP contribution is 2.60. The lowest BCUT2D eigenvalue weighted by Gasteiger charge is -2.57. The Morgan fingerprint density at radius 3 is 2.09 bits per heavy atom. The van der Waals surface area contributed by atoms with Crippen molar-refractivity contribution >= 4 is 11.6 Å². The summed E-state index contributed by atoms with van der Waals surface area (Å²) in [6.45, 7) is 0.400. The van der Waals surface area contributed by atoms with E-state index in [9.17, 15) is 4.79 Å². The average Bonchev–Trinajstić information content (AvgIpc) is 2.46. The van der Waals surface area contributed by atoms with E-state index in [0.717, 1.165) is 23.4 Å². The summed E-state index contributed by atoms with van der Waals surface area (Å²) < 4.78 is 0. The molecule has 1 aromatic rings. The second-order valence-electron chi connectivity index (χ2n) is 7.86. The van der Waals surface area contributed by atoms with Crippen LogP contribution in [0.5, 0.6) is 0 Å². The van der Waals surface area contributed by atoms with Crippen molar-refractivity contribution in [1.29, 1.82) is 0 Å². The van der Waals surface area contributed by atoms with Crippen molar-refractivity contribution in [3.8, 4) is 0 Å². The zero-order valence-electron chi connectivity index (χ0n) is 13.2. The normalized spacial score (nSPS) is 35.6. The molecule has 0 unspecified atom stereocenters. The average molecular weight is 298 g/mol. The minimum Gasteiger partial charge on any atom is -0.330 e. The van der Waals surface area contributed by atoms with Gasteiger partial charge in [0.05, 0.1) is 0 Å². The summed E-state index contributed by atoms with van der Waals surface area (Å²) in [5.41, 5.74) is 8.25. The van der Waals surface area contributed by atoms with Gasteiger partial charge >= 0.3 is 0 Å². The quantitative estimate of drug-likeness (QED) is 0.894. The van der Waals surface area contributed by atoms with Gasteiger partial charge in [-0.25, -0.2) is 0 Å². The summed E-state index contributed by atoms with van der Waals surface area (Å²) in [7, 11) is 0. The van der Waals surface area contributed by atoms with Crippen LogP contribution >= 0.6 is 0 Å². The van der Waals surface area contributed by atoms with Gasteiger partial charge < -0.3 is 11.1 Å². The van der Waals surface area contributed by atoms with Crippen molar-refractivity contribution in [3.63, 3.8) is 0 Å². The van der Waals surface area contributed by atoms with Crippen molar-refractivity contribution in [1.82, 2.24) is 0 Å². The van der Waals surface area contributed by atoms with E-state index in [1.165, 1.54) is 44.1 Å². The molecule has 4 aliphatic rings. The minimum atomic E-state index is 0.00468. The van der Waals surface area contributed by atoms with Crippen molar-refractivity contribution in [2.24, 2.45) is 23.5 Å². The Morgan fingerprint density at radius 2 is 1.59 bits per heavy atom. The first-order valence-electron chi connectivity index (χ1n) is 8.77. The van der Waals surface area contributed by atoms with Gasteiger partial charge in [0.2, 0.25) is 5.91 Å². The van der Waals surface area contributed by atoms with Crippen LogP contribution in [0.3, 0.4) is 0 Å². The third-order valence-electron chi connectivity index (χ3n) is 6.19. The molecule has 5 rings (SSSR count). The molecule has 0 radical (unpaired) electrons. The number of hydrogen-bond donors (Lipinski definition) is 2. The monoisotopic (exact) mass is 298 g/mol. The van der Waals surface area contributed by atoms with Crippen LogP contribution in [0.1, 0.15) is 50.5 Å². The van der Waals surface area contributed by atoms with E-state index in [0.29, 0.717) is 18.4 Å². The van der Waals surface area contributed by atoms with Gasteiger partial charge in [-0.15, -0.1) is 0 Å². The lowest BCUT2D eigenvalue weighted by molar-refractivity contribution is -0.116. The number of anilines is 1. The maximum atomic E-state index is 11.6. The van der Waals surface area contributed by atoms with E-state index in [-0.39, 0.29) is 5.91 Å². The number of carbonyl (C=O) groups excluding carboxylic acids is 1. The lowest BCUT2D eigenvalue weighted by atomic mass is 9.48. The first kappa shape index (κ1) is 14.3. The van der Waals surface area contributed by atoms with Crippen LogP contribution in [0.25, 0.3) is 0 Å². The van der Waals surface area contributed by atoms with Gasteiger partial charge in [-0.2, -0.15) is 0 Å². The van der Waals surface area contributed by atoms with Gasteiger partial charge in [0.25, 0.3) is 0 Å².